The molecule has 0 radical (unpaired) electrons. The van der Waals surface area contributed by atoms with Gasteiger partial charge in [-0.1, -0.05) is 6.92 Å². The van der Waals surface area contributed by atoms with Crippen LogP contribution in [0.2, 0.25) is 0 Å². The second kappa shape index (κ2) is 7.68. The summed E-state index contributed by atoms with van der Waals surface area (Å²) in [5, 5.41) is 13.7. The molecule has 2 amide bonds. The fourth-order valence-electron chi connectivity index (χ4n) is 1.50. The summed E-state index contributed by atoms with van der Waals surface area (Å²) in [4.78, 5) is 11.4. The van der Waals surface area contributed by atoms with E-state index in [9.17, 15) is 13.6 Å². The van der Waals surface area contributed by atoms with E-state index in [-0.39, 0.29) is 18.2 Å². The monoisotopic (exact) mass is 272 g/mol. The number of anilines is 1. The molecule has 1 rings (SSSR count). The van der Waals surface area contributed by atoms with Gasteiger partial charge in [0, 0.05) is 19.2 Å². The first-order valence-electron chi connectivity index (χ1n) is 6.13. The minimum Gasteiger partial charge on any atom is -0.396 e. The highest BCUT2D eigenvalue weighted by Gasteiger charge is 2.07. The molecule has 0 bridgehead atoms. The van der Waals surface area contributed by atoms with E-state index in [0.717, 1.165) is 25.0 Å². The lowest BCUT2D eigenvalue weighted by Crippen LogP contribution is -2.30. The van der Waals surface area contributed by atoms with E-state index in [1.807, 2.05) is 6.92 Å². The van der Waals surface area contributed by atoms with Crippen LogP contribution in [-0.4, -0.2) is 24.3 Å². The van der Waals surface area contributed by atoms with E-state index in [1.165, 1.54) is 0 Å². The third-order valence-corrected chi connectivity index (χ3v) is 2.65. The molecule has 0 saturated carbocycles. The average Bonchev–Trinajstić information content (AvgIpc) is 2.37. The number of rotatable bonds is 6. The van der Waals surface area contributed by atoms with Crippen molar-refractivity contribution in [3.05, 3.63) is 29.8 Å². The Kier molecular flexibility index (Phi) is 6.21. The van der Waals surface area contributed by atoms with Crippen LogP contribution >= 0.6 is 0 Å². The van der Waals surface area contributed by atoms with Gasteiger partial charge in [-0.2, -0.15) is 0 Å². The highest BCUT2D eigenvalue weighted by molar-refractivity contribution is 5.89. The van der Waals surface area contributed by atoms with Crippen molar-refractivity contribution in [1.29, 1.82) is 0 Å². The van der Waals surface area contributed by atoms with Crippen LogP contribution in [0.3, 0.4) is 0 Å². The number of hydrogen-bond donors (Lipinski definition) is 3. The SMILES string of the molecule is CC(CO)CCCNC(=O)Nc1ccc(F)cc1F. The van der Waals surface area contributed by atoms with E-state index in [2.05, 4.69) is 10.6 Å². The van der Waals surface area contributed by atoms with Crippen molar-refractivity contribution in [3.63, 3.8) is 0 Å². The van der Waals surface area contributed by atoms with E-state index in [4.69, 9.17) is 5.11 Å². The third kappa shape index (κ3) is 5.65. The van der Waals surface area contributed by atoms with Crippen molar-refractivity contribution in [3.8, 4) is 0 Å². The molecule has 0 aliphatic carbocycles. The van der Waals surface area contributed by atoms with Gasteiger partial charge in [-0.15, -0.1) is 0 Å². The van der Waals surface area contributed by atoms with Crippen molar-refractivity contribution >= 4 is 11.7 Å². The van der Waals surface area contributed by atoms with E-state index >= 15 is 0 Å². The lowest BCUT2D eigenvalue weighted by atomic mass is 10.1. The van der Waals surface area contributed by atoms with Crippen molar-refractivity contribution in [2.75, 3.05) is 18.5 Å². The van der Waals surface area contributed by atoms with Gasteiger partial charge in [-0.3, -0.25) is 0 Å². The fraction of sp³-hybridized carbons (Fsp3) is 0.462. The topological polar surface area (TPSA) is 61.4 Å². The second-order valence-corrected chi connectivity index (χ2v) is 4.44. The smallest absolute Gasteiger partial charge is 0.319 e. The zero-order valence-electron chi connectivity index (χ0n) is 10.7. The Labute approximate surface area is 110 Å². The first-order chi connectivity index (χ1) is 9.02. The molecule has 1 aromatic carbocycles. The maximum absolute atomic E-state index is 13.2. The minimum absolute atomic E-state index is 0.0670. The van der Waals surface area contributed by atoms with Gasteiger partial charge in [0.25, 0.3) is 0 Å². The Morgan fingerprint density at radius 3 is 2.79 bits per heavy atom. The van der Waals surface area contributed by atoms with Crippen LogP contribution in [0.1, 0.15) is 19.8 Å². The Balaban J connectivity index is 2.31. The van der Waals surface area contributed by atoms with E-state index in [1.54, 1.807) is 0 Å². The van der Waals surface area contributed by atoms with E-state index in [0.29, 0.717) is 12.6 Å². The quantitative estimate of drug-likeness (QED) is 0.697. The molecule has 1 aromatic rings. The molecule has 0 heterocycles. The number of benzene rings is 1. The predicted molar refractivity (Wildman–Crippen MR) is 68.9 cm³/mol. The normalized spacial score (nSPS) is 12.0. The summed E-state index contributed by atoms with van der Waals surface area (Å²) in [6.07, 6.45) is 1.52. The van der Waals surface area contributed by atoms with Gasteiger partial charge < -0.3 is 15.7 Å². The predicted octanol–water partition coefficient (Wildman–Crippen LogP) is 2.49. The molecule has 0 aliphatic heterocycles. The van der Waals surface area contributed by atoms with Crippen molar-refractivity contribution < 1.29 is 18.7 Å². The lowest BCUT2D eigenvalue weighted by molar-refractivity contribution is 0.227. The van der Waals surface area contributed by atoms with Gasteiger partial charge in [0.1, 0.15) is 11.6 Å². The summed E-state index contributed by atoms with van der Waals surface area (Å²) >= 11 is 0. The van der Waals surface area contributed by atoms with Crippen molar-refractivity contribution in [2.24, 2.45) is 5.92 Å². The first kappa shape index (κ1) is 15.4. The number of carbonyl (C=O) groups is 1. The molecule has 6 heteroatoms. The summed E-state index contributed by atoms with van der Waals surface area (Å²) < 4.78 is 25.9. The van der Waals surface area contributed by atoms with Gasteiger partial charge in [-0.05, 0) is 30.9 Å². The number of hydrogen-bond acceptors (Lipinski definition) is 2. The number of amides is 2. The molecule has 0 aliphatic rings. The molecular weight excluding hydrogens is 254 g/mol. The van der Waals surface area contributed by atoms with Crippen LogP contribution in [0.25, 0.3) is 0 Å². The Hall–Kier alpha value is -1.69. The van der Waals surface area contributed by atoms with Crippen LogP contribution in [0.15, 0.2) is 18.2 Å². The van der Waals surface area contributed by atoms with Crippen molar-refractivity contribution in [1.82, 2.24) is 5.32 Å². The minimum atomic E-state index is -0.816. The summed E-state index contributed by atoms with van der Waals surface area (Å²) in [7, 11) is 0. The van der Waals surface area contributed by atoms with Crippen LogP contribution in [0, 0.1) is 17.6 Å². The fourth-order valence-corrected chi connectivity index (χ4v) is 1.50. The standard InChI is InChI=1S/C13H18F2N2O2/c1-9(8-18)3-2-6-16-13(19)17-12-5-4-10(14)7-11(12)15/h4-5,7,9,18H,2-3,6,8H2,1H3,(H2,16,17,19). The van der Waals surface area contributed by atoms with Crippen LogP contribution < -0.4 is 10.6 Å². The Morgan fingerprint density at radius 2 is 2.16 bits per heavy atom. The summed E-state index contributed by atoms with van der Waals surface area (Å²) in [5.74, 6) is -1.31. The number of halogens is 2. The Bertz CT molecular complexity index is 427. The van der Waals surface area contributed by atoms with Crippen LogP contribution in [0.4, 0.5) is 19.3 Å². The van der Waals surface area contributed by atoms with Gasteiger partial charge in [0.15, 0.2) is 0 Å². The number of aliphatic hydroxyl groups excluding tert-OH is 1. The van der Waals surface area contributed by atoms with Gasteiger partial charge in [0.05, 0.1) is 5.69 Å². The Morgan fingerprint density at radius 1 is 1.42 bits per heavy atom. The number of urea groups is 1. The maximum Gasteiger partial charge on any atom is 0.319 e. The lowest BCUT2D eigenvalue weighted by Gasteiger charge is -2.10. The molecule has 0 fully saturated rings. The molecule has 0 aromatic heterocycles. The molecule has 4 nitrogen and oxygen atoms in total. The molecule has 106 valence electrons. The van der Waals surface area contributed by atoms with Gasteiger partial charge in [-0.25, -0.2) is 13.6 Å². The van der Waals surface area contributed by atoms with Crippen LogP contribution in [0.5, 0.6) is 0 Å². The highest BCUT2D eigenvalue weighted by Crippen LogP contribution is 2.14. The number of aliphatic hydroxyl groups is 1. The molecular formula is C13H18F2N2O2. The summed E-state index contributed by atoms with van der Waals surface area (Å²) in [5.41, 5.74) is -0.0670. The third-order valence-electron chi connectivity index (χ3n) is 2.65. The second-order valence-electron chi connectivity index (χ2n) is 4.44. The highest BCUT2D eigenvalue weighted by atomic mass is 19.1. The zero-order chi connectivity index (χ0) is 14.3. The van der Waals surface area contributed by atoms with Crippen LogP contribution in [-0.2, 0) is 0 Å². The molecule has 0 saturated heterocycles. The average molecular weight is 272 g/mol. The van der Waals surface area contributed by atoms with Gasteiger partial charge >= 0.3 is 6.03 Å². The zero-order valence-corrected chi connectivity index (χ0v) is 10.7. The van der Waals surface area contributed by atoms with Gasteiger partial charge in [0.2, 0.25) is 0 Å². The molecule has 1 unspecified atom stereocenters. The largest absolute Gasteiger partial charge is 0.396 e. The molecule has 19 heavy (non-hydrogen) atoms. The van der Waals surface area contributed by atoms with E-state index < -0.39 is 17.7 Å². The molecule has 1 atom stereocenters. The first-order valence-corrected chi connectivity index (χ1v) is 6.13. The maximum atomic E-state index is 13.2. The molecule has 0 spiro atoms. The number of carbonyl (C=O) groups excluding carboxylic acids is 1. The molecule has 3 N–H and O–H groups in total. The summed E-state index contributed by atoms with van der Waals surface area (Å²) in [6, 6.07) is 2.40. The number of nitrogens with one attached hydrogen (secondary N) is 2. The van der Waals surface area contributed by atoms with Crippen molar-refractivity contribution in [2.45, 2.75) is 19.8 Å². The summed E-state index contributed by atoms with van der Waals surface area (Å²) in [6.45, 7) is 2.46.